The fourth-order valence-corrected chi connectivity index (χ4v) is 3.32. The van der Waals surface area contributed by atoms with Crippen molar-refractivity contribution in [3.63, 3.8) is 0 Å². The van der Waals surface area contributed by atoms with Crippen LogP contribution >= 0.6 is 23.7 Å². The van der Waals surface area contributed by atoms with Crippen LogP contribution in [0.5, 0.6) is 0 Å². The zero-order chi connectivity index (χ0) is 12.1. The van der Waals surface area contributed by atoms with Gasteiger partial charge >= 0.3 is 0 Å². The summed E-state index contributed by atoms with van der Waals surface area (Å²) in [4.78, 5) is 7.19. The lowest BCUT2D eigenvalue weighted by molar-refractivity contribution is 0.161. The molecule has 0 radical (unpaired) electrons. The van der Waals surface area contributed by atoms with Crippen molar-refractivity contribution >= 4 is 23.7 Å². The second-order valence-electron chi connectivity index (χ2n) is 4.91. The molecular weight excluding hydrogens is 266 g/mol. The molecule has 1 saturated heterocycles. The molecule has 1 aromatic heterocycles. The van der Waals surface area contributed by atoms with E-state index in [1.165, 1.54) is 43.1 Å². The number of likely N-dealkylation sites (tertiary alicyclic amines) is 1. The van der Waals surface area contributed by atoms with Crippen LogP contribution in [0.2, 0.25) is 0 Å². The topological polar surface area (TPSA) is 42.2 Å². The van der Waals surface area contributed by atoms with Gasteiger partial charge in [0, 0.05) is 18.5 Å². The van der Waals surface area contributed by atoms with Crippen molar-refractivity contribution in [3.05, 3.63) is 16.1 Å². The molecule has 1 aliphatic heterocycles. The number of nitrogens with zero attached hydrogens (tertiary/aromatic N) is 2. The van der Waals surface area contributed by atoms with Crippen LogP contribution in [0.3, 0.4) is 0 Å². The van der Waals surface area contributed by atoms with E-state index in [1.54, 1.807) is 11.3 Å². The van der Waals surface area contributed by atoms with Gasteiger partial charge in [-0.25, -0.2) is 4.98 Å². The third kappa shape index (κ3) is 4.50. The normalized spacial score (nSPS) is 20.7. The predicted octanol–water partition coefficient (Wildman–Crippen LogP) is 2.69. The Hall–Kier alpha value is -0.160. The highest BCUT2D eigenvalue weighted by Crippen LogP contribution is 2.21. The smallest absolute Gasteiger partial charge is 0.0926 e. The summed E-state index contributed by atoms with van der Waals surface area (Å²) in [7, 11) is 0. The zero-order valence-corrected chi connectivity index (χ0v) is 12.7. The predicted molar refractivity (Wildman–Crippen MR) is 80.4 cm³/mol. The molecule has 2 rings (SSSR count). The van der Waals surface area contributed by atoms with E-state index < -0.39 is 0 Å². The maximum atomic E-state index is 5.65. The van der Waals surface area contributed by atoms with Crippen molar-refractivity contribution < 1.29 is 0 Å². The van der Waals surface area contributed by atoms with Gasteiger partial charge in [-0.3, -0.25) is 4.90 Å². The summed E-state index contributed by atoms with van der Waals surface area (Å²) in [6, 6.07) is 0. The Morgan fingerprint density at radius 3 is 3.06 bits per heavy atom. The second-order valence-corrected chi connectivity index (χ2v) is 5.85. The first kappa shape index (κ1) is 15.9. The molecule has 0 spiro atoms. The third-order valence-corrected chi connectivity index (χ3v) is 4.51. The molecule has 1 aliphatic rings. The van der Waals surface area contributed by atoms with E-state index >= 15 is 0 Å². The lowest BCUT2D eigenvalue weighted by Gasteiger charge is -2.32. The molecule has 1 aromatic rings. The van der Waals surface area contributed by atoms with Gasteiger partial charge in [0.1, 0.15) is 0 Å². The molecule has 2 N–H and O–H groups in total. The van der Waals surface area contributed by atoms with Gasteiger partial charge in [-0.05, 0) is 44.7 Å². The van der Waals surface area contributed by atoms with Gasteiger partial charge < -0.3 is 5.73 Å². The Kier molecular flexibility index (Phi) is 7.15. The highest BCUT2D eigenvalue weighted by molar-refractivity contribution is 7.09. The van der Waals surface area contributed by atoms with Crippen molar-refractivity contribution in [1.29, 1.82) is 0 Å². The molecule has 18 heavy (non-hydrogen) atoms. The minimum atomic E-state index is 0. The standard InChI is InChI=1S/C13H23N3S.ClH/c1-2-13-15-12(10-17-13)9-16-7-3-4-11(8-16)5-6-14;/h10-11H,2-9,14H2,1H3;1H. The first-order valence-corrected chi connectivity index (χ1v) is 7.55. The van der Waals surface area contributed by atoms with Crippen LogP contribution in [0, 0.1) is 5.92 Å². The van der Waals surface area contributed by atoms with Gasteiger partial charge in [-0.2, -0.15) is 0 Å². The maximum Gasteiger partial charge on any atom is 0.0926 e. The minimum Gasteiger partial charge on any atom is -0.330 e. The van der Waals surface area contributed by atoms with E-state index in [9.17, 15) is 0 Å². The Balaban J connectivity index is 0.00000162. The number of hydrogen-bond donors (Lipinski definition) is 1. The van der Waals surface area contributed by atoms with Gasteiger partial charge in [0.05, 0.1) is 10.7 Å². The molecular formula is C13H24ClN3S. The zero-order valence-electron chi connectivity index (χ0n) is 11.1. The van der Waals surface area contributed by atoms with Gasteiger partial charge in [0.2, 0.25) is 0 Å². The molecule has 0 aromatic carbocycles. The first-order valence-electron chi connectivity index (χ1n) is 6.67. The summed E-state index contributed by atoms with van der Waals surface area (Å²) in [5.74, 6) is 0.804. The minimum absolute atomic E-state index is 0. The SMILES string of the molecule is CCc1nc(CN2CCCC(CCN)C2)cs1.Cl. The van der Waals surface area contributed by atoms with E-state index in [0.29, 0.717) is 0 Å². The average Bonchev–Trinajstić information content (AvgIpc) is 2.78. The molecule has 0 amide bonds. The van der Waals surface area contributed by atoms with E-state index in [1.807, 2.05) is 0 Å². The number of aromatic nitrogens is 1. The fraction of sp³-hybridized carbons (Fsp3) is 0.769. The van der Waals surface area contributed by atoms with Gasteiger partial charge in [-0.15, -0.1) is 23.7 Å². The molecule has 0 bridgehead atoms. The van der Waals surface area contributed by atoms with Crippen molar-refractivity contribution in [3.8, 4) is 0 Å². The van der Waals surface area contributed by atoms with Crippen LogP contribution in [0.4, 0.5) is 0 Å². The van der Waals surface area contributed by atoms with Crippen LogP contribution in [-0.4, -0.2) is 29.5 Å². The Morgan fingerprint density at radius 2 is 2.39 bits per heavy atom. The molecule has 1 fully saturated rings. The summed E-state index contributed by atoms with van der Waals surface area (Å²) < 4.78 is 0. The molecule has 2 heterocycles. The van der Waals surface area contributed by atoms with E-state index in [4.69, 9.17) is 5.73 Å². The largest absolute Gasteiger partial charge is 0.330 e. The molecule has 104 valence electrons. The first-order chi connectivity index (χ1) is 8.31. The Labute approximate surface area is 120 Å². The van der Waals surface area contributed by atoms with Gasteiger partial charge in [-0.1, -0.05) is 6.92 Å². The highest BCUT2D eigenvalue weighted by atomic mass is 35.5. The molecule has 5 heteroatoms. The number of thiazole rings is 1. The van der Waals surface area contributed by atoms with Crippen LogP contribution in [0.15, 0.2) is 5.38 Å². The second kappa shape index (κ2) is 8.10. The summed E-state index contributed by atoms with van der Waals surface area (Å²) in [6.45, 7) is 6.45. The Bertz CT molecular complexity index is 341. The summed E-state index contributed by atoms with van der Waals surface area (Å²) in [5, 5.41) is 3.47. The highest BCUT2D eigenvalue weighted by Gasteiger charge is 2.19. The van der Waals surface area contributed by atoms with Crippen molar-refractivity contribution in [2.75, 3.05) is 19.6 Å². The molecule has 1 unspecified atom stereocenters. The lowest BCUT2D eigenvalue weighted by Crippen LogP contribution is -2.35. The quantitative estimate of drug-likeness (QED) is 0.906. The maximum absolute atomic E-state index is 5.65. The number of nitrogens with two attached hydrogens (primary N) is 1. The monoisotopic (exact) mass is 289 g/mol. The van der Waals surface area contributed by atoms with E-state index in [-0.39, 0.29) is 12.4 Å². The molecule has 0 aliphatic carbocycles. The van der Waals surface area contributed by atoms with Crippen LogP contribution in [0.1, 0.15) is 36.9 Å². The average molecular weight is 290 g/mol. The third-order valence-electron chi connectivity index (χ3n) is 3.47. The van der Waals surface area contributed by atoms with Crippen LogP contribution in [0.25, 0.3) is 0 Å². The van der Waals surface area contributed by atoms with E-state index in [0.717, 1.165) is 25.4 Å². The summed E-state index contributed by atoms with van der Waals surface area (Å²) in [6.07, 6.45) is 4.90. The van der Waals surface area contributed by atoms with Crippen molar-refractivity contribution in [2.24, 2.45) is 11.7 Å². The van der Waals surface area contributed by atoms with Gasteiger partial charge in [0.15, 0.2) is 0 Å². The summed E-state index contributed by atoms with van der Waals surface area (Å²) in [5.41, 5.74) is 6.90. The molecule has 1 atom stereocenters. The fourth-order valence-electron chi connectivity index (χ4n) is 2.58. The van der Waals surface area contributed by atoms with Crippen LogP contribution in [-0.2, 0) is 13.0 Å². The van der Waals surface area contributed by atoms with Crippen LogP contribution < -0.4 is 5.73 Å². The number of halogens is 1. The van der Waals surface area contributed by atoms with Crippen molar-refractivity contribution in [2.45, 2.75) is 39.2 Å². The lowest BCUT2D eigenvalue weighted by atomic mass is 9.95. The molecule has 0 saturated carbocycles. The molecule has 3 nitrogen and oxygen atoms in total. The number of hydrogen-bond acceptors (Lipinski definition) is 4. The number of aryl methyl sites for hydroxylation is 1. The number of rotatable bonds is 5. The summed E-state index contributed by atoms with van der Waals surface area (Å²) >= 11 is 1.79. The Morgan fingerprint density at radius 1 is 1.56 bits per heavy atom. The van der Waals surface area contributed by atoms with Crippen molar-refractivity contribution in [1.82, 2.24) is 9.88 Å². The van der Waals surface area contributed by atoms with E-state index in [2.05, 4.69) is 22.2 Å². The number of piperidine rings is 1. The van der Waals surface area contributed by atoms with Gasteiger partial charge in [0.25, 0.3) is 0 Å².